The van der Waals surface area contributed by atoms with Crippen molar-refractivity contribution < 1.29 is 24.2 Å². The molecule has 3 aromatic rings. The molecule has 0 saturated carbocycles. The Morgan fingerprint density at radius 1 is 0.971 bits per heavy atom. The molecule has 0 aliphatic heterocycles. The molecule has 3 N–H and O–H groups in total. The molecule has 4 rings (SSSR count). The number of rotatable bonds is 8. The van der Waals surface area contributed by atoms with E-state index in [0.29, 0.717) is 24.1 Å². The summed E-state index contributed by atoms with van der Waals surface area (Å²) in [6, 6.07) is 20.0. The van der Waals surface area contributed by atoms with Crippen LogP contribution in [0, 0.1) is 6.92 Å². The Kier molecular flexibility index (Phi) is 7.15. The highest BCUT2D eigenvalue weighted by atomic mass is 16.5. The largest absolute Gasteiger partial charge is 0.478 e. The fraction of sp³-hybridized carbons (Fsp3) is 0.250. The average Bonchev–Trinajstić information content (AvgIpc) is 3.16. The number of benzene rings is 3. The molecule has 0 radical (unpaired) electrons. The summed E-state index contributed by atoms with van der Waals surface area (Å²) in [7, 11) is 0. The molecule has 7 nitrogen and oxygen atoms in total. The highest BCUT2D eigenvalue weighted by Gasteiger charge is 2.29. The zero-order chi connectivity index (χ0) is 24.9. The Morgan fingerprint density at radius 2 is 1.60 bits per heavy atom. The Balaban J connectivity index is 1.40. The number of carboxylic acids is 1. The van der Waals surface area contributed by atoms with Gasteiger partial charge in [-0.25, -0.2) is 9.59 Å². The smallest absolute Gasteiger partial charge is 0.407 e. The van der Waals surface area contributed by atoms with Crippen molar-refractivity contribution in [1.82, 2.24) is 5.32 Å². The van der Waals surface area contributed by atoms with Crippen LogP contribution in [0.4, 0.5) is 10.5 Å². The van der Waals surface area contributed by atoms with Crippen LogP contribution in [0.2, 0.25) is 0 Å². The molecule has 0 bridgehead atoms. The van der Waals surface area contributed by atoms with Gasteiger partial charge in [0.1, 0.15) is 12.6 Å². The van der Waals surface area contributed by atoms with Crippen LogP contribution in [0.3, 0.4) is 0 Å². The van der Waals surface area contributed by atoms with E-state index in [-0.39, 0.29) is 24.0 Å². The molecule has 7 heteroatoms. The number of hydrogen-bond acceptors (Lipinski definition) is 4. The van der Waals surface area contributed by atoms with Crippen molar-refractivity contribution in [2.24, 2.45) is 0 Å². The van der Waals surface area contributed by atoms with Crippen LogP contribution < -0.4 is 10.6 Å². The van der Waals surface area contributed by atoms with E-state index < -0.39 is 18.1 Å². The zero-order valence-electron chi connectivity index (χ0n) is 19.7. The second-order valence-corrected chi connectivity index (χ2v) is 8.64. The number of carboxylic acid groups (broad SMARTS) is 1. The van der Waals surface area contributed by atoms with Gasteiger partial charge in [-0.2, -0.15) is 0 Å². The number of anilines is 1. The van der Waals surface area contributed by atoms with E-state index in [9.17, 15) is 19.5 Å². The molecule has 0 spiro atoms. The lowest BCUT2D eigenvalue weighted by molar-refractivity contribution is -0.118. The summed E-state index contributed by atoms with van der Waals surface area (Å²) < 4.78 is 5.58. The summed E-state index contributed by atoms with van der Waals surface area (Å²) in [4.78, 5) is 36.7. The molecule has 3 aromatic carbocycles. The number of carbonyl (C=O) groups is 3. The molecule has 0 aromatic heterocycles. The predicted molar refractivity (Wildman–Crippen MR) is 134 cm³/mol. The van der Waals surface area contributed by atoms with Crippen molar-refractivity contribution in [3.05, 3.63) is 89.0 Å². The van der Waals surface area contributed by atoms with Gasteiger partial charge in [0.25, 0.3) is 0 Å². The molecule has 1 atom stereocenters. The molecular formula is C28H28N2O5. The Labute approximate surface area is 204 Å². The summed E-state index contributed by atoms with van der Waals surface area (Å²) in [5, 5.41) is 14.6. The third-order valence-electron chi connectivity index (χ3n) is 6.25. The van der Waals surface area contributed by atoms with Gasteiger partial charge in [-0.1, -0.05) is 61.9 Å². The first-order valence-corrected chi connectivity index (χ1v) is 11.6. The number of ether oxygens (including phenoxy) is 1. The van der Waals surface area contributed by atoms with E-state index >= 15 is 0 Å². The minimum absolute atomic E-state index is 0.0673. The van der Waals surface area contributed by atoms with E-state index in [1.54, 1.807) is 13.0 Å². The molecule has 1 aliphatic rings. The Morgan fingerprint density at radius 3 is 2.17 bits per heavy atom. The molecule has 0 fully saturated rings. The van der Waals surface area contributed by atoms with Gasteiger partial charge in [0.2, 0.25) is 5.91 Å². The number of carbonyl (C=O) groups excluding carboxylic acids is 2. The fourth-order valence-corrected chi connectivity index (χ4v) is 4.55. The van der Waals surface area contributed by atoms with Crippen LogP contribution in [0.5, 0.6) is 0 Å². The summed E-state index contributed by atoms with van der Waals surface area (Å²) in [5.74, 6) is -1.48. The first kappa shape index (κ1) is 24.0. The second kappa shape index (κ2) is 10.4. The maximum atomic E-state index is 12.9. The number of amides is 2. The first-order chi connectivity index (χ1) is 16.9. The van der Waals surface area contributed by atoms with Gasteiger partial charge >= 0.3 is 12.1 Å². The molecule has 180 valence electrons. The number of nitrogens with one attached hydrogen (secondary N) is 2. The zero-order valence-corrected chi connectivity index (χ0v) is 19.7. The van der Waals surface area contributed by atoms with Crippen LogP contribution in [0.15, 0.2) is 66.7 Å². The normalized spacial score (nSPS) is 12.9. The monoisotopic (exact) mass is 472 g/mol. The van der Waals surface area contributed by atoms with E-state index in [4.69, 9.17) is 4.74 Å². The number of alkyl carbamates (subject to hydrolysis) is 1. The van der Waals surface area contributed by atoms with Gasteiger partial charge in [-0.05, 0) is 59.4 Å². The van der Waals surface area contributed by atoms with Crippen LogP contribution in [-0.4, -0.2) is 35.7 Å². The number of hydrogen-bond donors (Lipinski definition) is 3. The average molecular weight is 473 g/mol. The lowest BCUT2D eigenvalue weighted by Crippen LogP contribution is -2.44. The molecule has 35 heavy (non-hydrogen) atoms. The van der Waals surface area contributed by atoms with Crippen LogP contribution in [-0.2, 0) is 9.53 Å². The van der Waals surface area contributed by atoms with Gasteiger partial charge in [0.05, 0.1) is 5.56 Å². The quantitative estimate of drug-likeness (QED) is 0.411. The molecule has 0 unspecified atom stereocenters. The molecular weight excluding hydrogens is 444 g/mol. The van der Waals surface area contributed by atoms with Gasteiger partial charge < -0.3 is 20.5 Å². The summed E-state index contributed by atoms with van der Waals surface area (Å²) >= 11 is 0. The topological polar surface area (TPSA) is 105 Å². The number of aromatic carboxylic acids is 1. The van der Waals surface area contributed by atoms with Crippen molar-refractivity contribution in [2.75, 3.05) is 11.9 Å². The molecule has 0 heterocycles. The third kappa shape index (κ3) is 5.19. The standard InChI is InChI=1S/C28H28N2O5/c1-3-8-25(26(31)29-18-13-14-19(27(32)33)17(2)15-18)30-28(34)35-16-24-22-11-6-4-9-20(22)21-10-5-7-12-23(21)24/h4-7,9-15,24-25H,3,8,16H2,1-2H3,(H,29,31)(H,30,34)(H,32,33)/t25-/m1/s1. The van der Waals surface area contributed by atoms with Crippen molar-refractivity contribution in [1.29, 1.82) is 0 Å². The molecule has 2 amide bonds. The van der Waals surface area contributed by atoms with E-state index in [1.807, 2.05) is 43.3 Å². The van der Waals surface area contributed by atoms with Crippen molar-refractivity contribution in [3.8, 4) is 11.1 Å². The minimum atomic E-state index is -1.03. The van der Waals surface area contributed by atoms with Crippen molar-refractivity contribution >= 4 is 23.7 Å². The van der Waals surface area contributed by atoms with Crippen molar-refractivity contribution in [2.45, 2.75) is 38.6 Å². The SMILES string of the molecule is CCC[C@@H](NC(=O)OCC1c2ccccc2-c2ccccc21)C(=O)Nc1ccc(C(=O)O)c(C)c1. The van der Waals surface area contributed by atoms with Crippen LogP contribution in [0.25, 0.3) is 11.1 Å². The van der Waals surface area contributed by atoms with E-state index in [1.165, 1.54) is 12.1 Å². The maximum Gasteiger partial charge on any atom is 0.407 e. The number of fused-ring (bicyclic) bond motifs is 3. The van der Waals surface area contributed by atoms with Crippen LogP contribution in [0.1, 0.15) is 52.7 Å². The van der Waals surface area contributed by atoms with Gasteiger partial charge in [0.15, 0.2) is 0 Å². The second-order valence-electron chi connectivity index (χ2n) is 8.64. The van der Waals surface area contributed by atoms with E-state index in [2.05, 4.69) is 22.8 Å². The van der Waals surface area contributed by atoms with Gasteiger partial charge in [-0.3, -0.25) is 4.79 Å². The van der Waals surface area contributed by atoms with Crippen molar-refractivity contribution in [3.63, 3.8) is 0 Å². The van der Waals surface area contributed by atoms with Gasteiger partial charge in [-0.15, -0.1) is 0 Å². The van der Waals surface area contributed by atoms with Crippen LogP contribution >= 0.6 is 0 Å². The lowest BCUT2D eigenvalue weighted by Gasteiger charge is -2.19. The highest BCUT2D eigenvalue weighted by Crippen LogP contribution is 2.44. The third-order valence-corrected chi connectivity index (χ3v) is 6.25. The summed E-state index contributed by atoms with van der Waals surface area (Å²) in [6.07, 6.45) is 0.457. The summed E-state index contributed by atoms with van der Waals surface area (Å²) in [5.41, 5.74) is 5.69. The predicted octanol–water partition coefficient (Wildman–Crippen LogP) is 5.34. The first-order valence-electron chi connectivity index (χ1n) is 11.6. The van der Waals surface area contributed by atoms with Gasteiger partial charge in [0, 0.05) is 11.6 Å². The Hall–Kier alpha value is -4.13. The highest BCUT2D eigenvalue weighted by molar-refractivity contribution is 5.97. The lowest BCUT2D eigenvalue weighted by atomic mass is 9.98. The summed E-state index contributed by atoms with van der Waals surface area (Å²) in [6.45, 7) is 3.75. The van der Waals surface area contributed by atoms with E-state index in [0.717, 1.165) is 22.3 Å². The molecule has 1 aliphatic carbocycles. The Bertz CT molecular complexity index is 1220. The molecule has 0 saturated heterocycles. The maximum absolute atomic E-state index is 12.9. The minimum Gasteiger partial charge on any atom is -0.478 e. The number of aryl methyl sites for hydroxylation is 1. The fourth-order valence-electron chi connectivity index (χ4n) is 4.55.